The van der Waals surface area contributed by atoms with Gasteiger partial charge in [0.2, 0.25) is 0 Å². The lowest BCUT2D eigenvalue weighted by molar-refractivity contribution is 0.153. The summed E-state index contributed by atoms with van der Waals surface area (Å²) in [5.74, 6) is 0.747. The predicted octanol–water partition coefficient (Wildman–Crippen LogP) is 2.55. The van der Waals surface area contributed by atoms with Crippen LogP contribution in [-0.4, -0.2) is 6.04 Å². The predicted molar refractivity (Wildman–Crippen MR) is 49.4 cm³/mol. The third-order valence-electron chi connectivity index (χ3n) is 2.93. The molecule has 0 bridgehead atoms. The van der Waals surface area contributed by atoms with Crippen LogP contribution in [0, 0.1) is 11.3 Å². The van der Waals surface area contributed by atoms with E-state index in [0.29, 0.717) is 11.5 Å². The van der Waals surface area contributed by atoms with Crippen molar-refractivity contribution in [2.24, 2.45) is 17.1 Å². The van der Waals surface area contributed by atoms with Gasteiger partial charge in [-0.1, -0.05) is 33.6 Å². The first-order valence-corrected chi connectivity index (χ1v) is 4.77. The van der Waals surface area contributed by atoms with E-state index in [1.165, 1.54) is 25.7 Å². The van der Waals surface area contributed by atoms with Crippen molar-refractivity contribution >= 4 is 0 Å². The summed E-state index contributed by atoms with van der Waals surface area (Å²) >= 11 is 0. The SMILES string of the molecule is CC(C)(C)C1CCCC[C@@H]1N. The van der Waals surface area contributed by atoms with Crippen LogP contribution < -0.4 is 5.73 Å². The van der Waals surface area contributed by atoms with Crippen molar-refractivity contribution in [2.45, 2.75) is 52.5 Å². The van der Waals surface area contributed by atoms with Gasteiger partial charge in [-0.05, 0) is 24.2 Å². The van der Waals surface area contributed by atoms with Crippen molar-refractivity contribution in [3.05, 3.63) is 0 Å². The molecule has 0 aromatic heterocycles. The van der Waals surface area contributed by atoms with Gasteiger partial charge in [0.15, 0.2) is 0 Å². The van der Waals surface area contributed by atoms with Gasteiger partial charge in [0, 0.05) is 6.04 Å². The first-order valence-electron chi connectivity index (χ1n) is 4.77. The highest BCUT2D eigenvalue weighted by atomic mass is 14.7. The summed E-state index contributed by atoms with van der Waals surface area (Å²) in [6, 6.07) is 0.462. The normalized spacial score (nSPS) is 33.8. The molecule has 1 saturated carbocycles. The summed E-state index contributed by atoms with van der Waals surface area (Å²) in [5, 5.41) is 0. The largest absolute Gasteiger partial charge is 0.327 e. The third-order valence-corrected chi connectivity index (χ3v) is 2.93. The summed E-state index contributed by atoms with van der Waals surface area (Å²) in [4.78, 5) is 0. The van der Waals surface area contributed by atoms with Crippen LogP contribution in [0.3, 0.4) is 0 Å². The zero-order valence-electron chi connectivity index (χ0n) is 8.06. The van der Waals surface area contributed by atoms with Crippen molar-refractivity contribution in [3.8, 4) is 0 Å². The van der Waals surface area contributed by atoms with Crippen molar-refractivity contribution in [1.82, 2.24) is 0 Å². The van der Waals surface area contributed by atoms with Crippen LogP contribution in [0.25, 0.3) is 0 Å². The lowest BCUT2D eigenvalue weighted by Gasteiger charge is -2.38. The van der Waals surface area contributed by atoms with Crippen LogP contribution in [0.15, 0.2) is 0 Å². The van der Waals surface area contributed by atoms with E-state index in [4.69, 9.17) is 5.73 Å². The molecule has 0 aromatic carbocycles. The molecule has 1 aliphatic rings. The number of nitrogens with two attached hydrogens (primary N) is 1. The molecule has 2 atom stereocenters. The molecule has 1 fully saturated rings. The fourth-order valence-electron chi connectivity index (χ4n) is 2.23. The molecule has 1 aliphatic carbocycles. The molecule has 1 unspecified atom stereocenters. The van der Waals surface area contributed by atoms with Crippen molar-refractivity contribution in [1.29, 1.82) is 0 Å². The highest BCUT2D eigenvalue weighted by Gasteiger charge is 2.31. The maximum absolute atomic E-state index is 6.07. The van der Waals surface area contributed by atoms with Gasteiger partial charge >= 0.3 is 0 Å². The Bertz CT molecular complexity index is 123. The van der Waals surface area contributed by atoms with Crippen molar-refractivity contribution < 1.29 is 0 Å². The van der Waals surface area contributed by atoms with E-state index in [1.807, 2.05) is 0 Å². The van der Waals surface area contributed by atoms with E-state index < -0.39 is 0 Å². The Balaban J connectivity index is 2.55. The van der Waals surface area contributed by atoms with E-state index in [9.17, 15) is 0 Å². The lowest BCUT2D eigenvalue weighted by Crippen LogP contribution is -2.40. The molecule has 11 heavy (non-hydrogen) atoms. The molecule has 0 spiro atoms. The van der Waals surface area contributed by atoms with Crippen LogP contribution in [0.4, 0.5) is 0 Å². The smallest absolute Gasteiger partial charge is 0.00721 e. The Morgan fingerprint density at radius 1 is 1.09 bits per heavy atom. The second-order valence-corrected chi connectivity index (χ2v) is 4.92. The average molecular weight is 155 g/mol. The Morgan fingerprint density at radius 2 is 1.64 bits per heavy atom. The van der Waals surface area contributed by atoms with Crippen molar-refractivity contribution in [3.63, 3.8) is 0 Å². The molecule has 0 aromatic rings. The number of hydrogen-bond acceptors (Lipinski definition) is 1. The van der Waals surface area contributed by atoms with Crippen LogP contribution >= 0.6 is 0 Å². The monoisotopic (exact) mass is 155 g/mol. The highest BCUT2D eigenvalue weighted by Crippen LogP contribution is 2.36. The fraction of sp³-hybridized carbons (Fsp3) is 1.00. The van der Waals surface area contributed by atoms with E-state index in [-0.39, 0.29) is 0 Å². The second kappa shape index (κ2) is 3.14. The second-order valence-electron chi connectivity index (χ2n) is 4.92. The summed E-state index contributed by atoms with van der Waals surface area (Å²) in [5.41, 5.74) is 6.48. The molecule has 0 radical (unpaired) electrons. The topological polar surface area (TPSA) is 26.0 Å². The minimum Gasteiger partial charge on any atom is -0.327 e. The Hall–Kier alpha value is -0.0400. The molecule has 0 aliphatic heterocycles. The van der Waals surface area contributed by atoms with Gasteiger partial charge in [0.25, 0.3) is 0 Å². The van der Waals surface area contributed by atoms with Crippen LogP contribution in [-0.2, 0) is 0 Å². The molecular formula is C10H21N. The fourth-order valence-corrected chi connectivity index (χ4v) is 2.23. The minimum atomic E-state index is 0.417. The first kappa shape index (κ1) is 9.05. The summed E-state index contributed by atoms with van der Waals surface area (Å²) in [7, 11) is 0. The van der Waals surface area contributed by atoms with Gasteiger partial charge in [-0.15, -0.1) is 0 Å². The van der Waals surface area contributed by atoms with Gasteiger partial charge in [0.1, 0.15) is 0 Å². The Kier molecular flexibility index (Phi) is 2.58. The molecule has 0 heterocycles. The molecular weight excluding hydrogens is 134 g/mol. The summed E-state index contributed by atoms with van der Waals surface area (Å²) in [6.07, 6.45) is 5.30. The van der Waals surface area contributed by atoms with Gasteiger partial charge in [0.05, 0.1) is 0 Å². The molecule has 1 nitrogen and oxygen atoms in total. The summed E-state index contributed by atoms with van der Waals surface area (Å²) < 4.78 is 0. The molecule has 1 heteroatoms. The van der Waals surface area contributed by atoms with Gasteiger partial charge in [-0.25, -0.2) is 0 Å². The van der Waals surface area contributed by atoms with E-state index >= 15 is 0 Å². The van der Waals surface area contributed by atoms with Crippen molar-refractivity contribution in [2.75, 3.05) is 0 Å². The molecule has 0 amide bonds. The van der Waals surface area contributed by atoms with Gasteiger partial charge in [-0.3, -0.25) is 0 Å². The first-order chi connectivity index (χ1) is 5.02. The van der Waals surface area contributed by atoms with Gasteiger partial charge < -0.3 is 5.73 Å². The van der Waals surface area contributed by atoms with E-state index in [1.54, 1.807) is 0 Å². The molecule has 66 valence electrons. The molecule has 2 N–H and O–H groups in total. The van der Waals surface area contributed by atoms with Crippen LogP contribution in [0.2, 0.25) is 0 Å². The Labute approximate surface area is 70.4 Å². The van der Waals surface area contributed by atoms with Gasteiger partial charge in [-0.2, -0.15) is 0 Å². The average Bonchev–Trinajstić information content (AvgIpc) is 1.86. The quantitative estimate of drug-likeness (QED) is 0.571. The highest BCUT2D eigenvalue weighted by molar-refractivity contribution is 4.85. The summed E-state index contributed by atoms with van der Waals surface area (Å²) in [6.45, 7) is 6.93. The zero-order chi connectivity index (χ0) is 8.48. The minimum absolute atomic E-state index is 0.417. The lowest BCUT2D eigenvalue weighted by atomic mass is 9.70. The zero-order valence-corrected chi connectivity index (χ0v) is 8.06. The standard InChI is InChI=1S/C10H21N/c1-10(2,3)8-6-4-5-7-9(8)11/h8-9H,4-7,11H2,1-3H3/t8?,9-/m0/s1. The molecule has 1 rings (SSSR count). The molecule has 0 saturated heterocycles. The van der Waals surface area contributed by atoms with Crippen LogP contribution in [0.1, 0.15) is 46.5 Å². The Morgan fingerprint density at radius 3 is 2.00 bits per heavy atom. The number of hydrogen-bond donors (Lipinski definition) is 1. The van der Waals surface area contributed by atoms with E-state index in [2.05, 4.69) is 20.8 Å². The van der Waals surface area contributed by atoms with E-state index in [0.717, 1.165) is 5.92 Å². The van der Waals surface area contributed by atoms with Crippen LogP contribution in [0.5, 0.6) is 0 Å². The number of rotatable bonds is 0. The third kappa shape index (κ3) is 2.19. The maximum Gasteiger partial charge on any atom is 0.00721 e. The maximum atomic E-state index is 6.07.